The monoisotopic (exact) mass is 257 g/mol. The lowest BCUT2D eigenvalue weighted by Gasteiger charge is -2.07. The zero-order valence-electron chi connectivity index (χ0n) is 9.65. The van der Waals surface area contributed by atoms with Crippen molar-refractivity contribution >= 4 is 23.0 Å². The molecule has 1 aromatic heterocycles. The molecule has 0 saturated carbocycles. The molecule has 3 rings (SSSR count). The third kappa shape index (κ3) is 2.05. The summed E-state index contributed by atoms with van der Waals surface area (Å²) in [5.41, 5.74) is 4.44. The summed E-state index contributed by atoms with van der Waals surface area (Å²) in [7, 11) is 0. The first kappa shape index (κ1) is 11.1. The maximum atomic E-state index is 5.91. The zero-order valence-corrected chi connectivity index (χ0v) is 10.4. The molecule has 2 heterocycles. The second-order valence-electron chi connectivity index (χ2n) is 4.02. The van der Waals surface area contributed by atoms with Crippen molar-refractivity contribution in [2.24, 2.45) is 0 Å². The molecular formula is C14H12ClN3. The van der Waals surface area contributed by atoms with Gasteiger partial charge in [0.05, 0.1) is 18.1 Å². The lowest BCUT2D eigenvalue weighted by atomic mass is 10.1. The van der Waals surface area contributed by atoms with Crippen LogP contribution in [0.3, 0.4) is 0 Å². The maximum absolute atomic E-state index is 5.91. The summed E-state index contributed by atoms with van der Waals surface area (Å²) in [4.78, 5) is 4.04. The summed E-state index contributed by atoms with van der Waals surface area (Å²) in [5.74, 6) is 0. The fraction of sp³-hybridized carbons (Fsp3) is 0.0714. The highest BCUT2D eigenvalue weighted by Gasteiger charge is 2.16. The minimum absolute atomic E-state index is 0.732. The first-order valence-corrected chi connectivity index (χ1v) is 6.11. The van der Waals surface area contributed by atoms with Gasteiger partial charge in [-0.2, -0.15) is 0 Å². The van der Waals surface area contributed by atoms with Crippen LogP contribution in [0.4, 0.5) is 0 Å². The van der Waals surface area contributed by atoms with Crippen LogP contribution in [0.5, 0.6) is 0 Å². The molecule has 0 unspecified atom stereocenters. The zero-order chi connectivity index (χ0) is 12.4. The number of rotatable bonds is 2. The Balaban J connectivity index is 2.06. The molecule has 0 atom stereocenters. The summed E-state index contributed by atoms with van der Waals surface area (Å²) < 4.78 is 0. The minimum Gasteiger partial charge on any atom is -0.366 e. The number of aromatic nitrogens is 1. The van der Waals surface area contributed by atoms with Crippen LogP contribution in [0, 0.1) is 0 Å². The van der Waals surface area contributed by atoms with E-state index in [1.165, 1.54) is 0 Å². The normalized spacial score (nSPS) is 14.3. The Morgan fingerprint density at radius 1 is 0.833 bits per heavy atom. The molecule has 4 heteroatoms. The van der Waals surface area contributed by atoms with Crippen LogP contribution >= 0.6 is 11.6 Å². The highest BCUT2D eigenvalue weighted by Crippen LogP contribution is 2.25. The molecule has 0 radical (unpaired) electrons. The Labute approximate surface area is 111 Å². The van der Waals surface area contributed by atoms with E-state index in [2.05, 4.69) is 15.6 Å². The van der Waals surface area contributed by atoms with Crippen molar-refractivity contribution in [3.05, 3.63) is 64.9 Å². The van der Waals surface area contributed by atoms with Gasteiger partial charge in [0.1, 0.15) is 0 Å². The van der Waals surface area contributed by atoms with Crippen LogP contribution in [-0.2, 0) is 0 Å². The maximum Gasteiger partial charge on any atom is 0.0851 e. The van der Waals surface area contributed by atoms with Crippen molar-refractivity contribution in [3.8, 4) is 0 Å². The van der Waals surface area contributed by atoms with Crippen LogP contribution in [-0.4, -0.2) is 11.7 Å². The number of hydrogen-bond acceptors (Lipinski definition) is 3. The molecule has 0 saturated heterocycles. The van der Waals surface area contributed by atoms with E-state index in [0.29, 0.717) is 0 Å². The van der Waals surface area contributed by atoms with E-state index in [0.717, 1.165) is 34.2 Å². The second-order valence-corrected chi connectivity index (χ2v) is 4.46. The summed E-state index contributed by atoms with van der Waals surface area (Å²) in [5, 5.41) is 7.44. The third-order valence-corrected chi connectivity index (χ3v) is 3.13. The Bertz CT molecular complexity index is 576. The van der Waals surface area contributed by atoms with Gasteiger partial charge in [-0.3, -0.25) is 4.98 Å². The van der Waals surface area contributed by atoms with E-state index in [-0.39, 0.29) is 0 Å². The van der Waals surface area contributed by atoms with Gasteiger partial charge in [0.15, 0.2) is 0 Å². The van der Waals surface area contributed by atoms with Crippen LogP contribution in [0.2, 0.25) is 5.02 Å². The fourth-order valence-corrected chi connectivity index (χ4v) is 2.15. The van der Waals surface area contributed by atoms with Gasteiger partial charge in [-0.05, 0) is 29.8 Å². The van der Waals surface area contributed by atoms with Crippen LogP contribution in [0.15, 0.2) is 48.8 Å². The number of nitrogens with one attached hydrogen (secondary N) is 2. The predicted molar refractivity (Wildman–Crippen MR) is 73.6 cm³/mol. The molecule has 1 aliphatic heterocycles. The van der Waals surface area contributed by atoms with Gasteiger partial charge in [-0.15, -0.1) is 0 Å². The SMILES string of the molecule is Clc1ccc(C2=C(c3ccncc3)NCN2)cc1. The average Bonchev–Trinajstić information content (AvgIpc) is 2.90. The summed E-state index contributed by atoms with van der Waals surface area (Å²) in [6, 6.07) is 11.8. The molecule has 2 aromatic rings. The van der Waals surface area contributed by atoms with E-state index >= 15 is 0 Å². The first-order chi connectivity index (χ1) is 8.84. The highest BCUT2D eigenvalue weighted by molar-refractivity contribution is 6.30. The van der Waals surface area contributed by atoms with Gasteiger partial charge >= 0.3 is 0 Å². The molecule has 3 nitrogen and oxygen atoms in total. The van der Waals surface area contributed by atoms with Crippen molar-refractivity contribution in [1.82, 2.24) is 15.6 Å². The van der Waals surface area contributed by atoms with Crippen molar-refractivity contribution < 1.29 is 0 Å². The summed E-state index contributed by atoms with van der Waals surface area (Å²) >= 11 is 5.91. The lowest BCUT2D eigenvalue weighted by molar-refractivity contribution is 0.850. The van der Waals surface area contributed by atoms with Gasteiger partial charge in [-0.1, -0.05) is 23.7 Å². The number of halogens is 1. The molecule has 0 bridgehead atoms. The molecular weight excluding hydrogens is 246 g/mol. The average molecular weight is 258 g/mol. The molecule has 1 aliphatic rings. The topological polar surface area (TPSA) is 37.0 Å². The third-order valence-electron chi connectivity index (χ3n) is 2.88. The van der Waals surface area contributed by atoms with Crippen LogP contribution in [0.1, 0.15) is 11.1 Å². The number of hydrogen-bond donors (Lipinski definition) is 2. The van der Waals surface area contributed by atoms with E-state index in [4.69, 9.17) is 11.6 Å². The van der Waals surface area contributed by atoms with Gasteiger partial charge in [0, 0.05) is 23.0 Å². The largest absolute Gasteiger partial charge is 0.366 e. The predicted octanol–water partition coefficient (Wildman–Crippen LogP) is 2.71. The quantitative estimate of drug-likeness (QED) is 0.869. The molecule has 90 valence electrons. The molecule has 0 aliphatic carbocycles. The Kier molecular flexibility index (Phi) is 2.90. The lowest BCUT2D eigenvalue weighted by Crippen LogP contribution is -2.14. The van der Waals surface area contributed by atoms with E-state index in [9.17, 15) is 0 Å². The number of nitrogens with zero attached hydrogens (tertiary/aromatic N) is 1. The van der Waals surface area contributed by atoms with Crippen molar-refractivity contribution in [1.29, 1.82) is 0 Å². The van der Waals surface area contributed by atoms with Gasteiger partial charge in [0.2, 0.25) is 0 Å². The Hall–Kier alpha value is -2.00. The summed E-state index contributed by atoms with van der Waals surface area (Å²) in [6.45, 7) is 0.732. The van der Waals surface area contributed by atoms with E-state index in [1.807, 2.05) is 36.4 Å². The van der Waals surface area contributed by atoms with Crippen molar-refractivity contribution in [2.75, 3.05) is 6.67 Å². The molecule has 0 amide bonds. The number of benzene rings is 1. The van der Waals surface area contributed by atoms with Crippen LogP contribution in [0.25, 0.3) is 11.4 Å². The molecule has 2 N–H and O–H groups in total. The van der Waals surface area contributed by atoms with Crippen LogP contribution < -0.4 is 10.6 Å². The van der Waals surface area contributed by atoms with Gasteiger partial charge in [-0.25, -0.2) is 0 Å². The smallest absolute Gasteiger partial charge is 0.0851 e. The standard InChI is InChI=1S/C14H12ClN3/c15-12-3-1-10(2-4-12)13-14(18-9-17-13)11-5-7-16-8-6-11/h1-8,17-18H,9H2. The second kappa shape index (κ2) is 4.70. The Morgan fingerprint density at radius 2 is 1.39 bits per heavy atom. The van der Waals surface area contributed by atoms with Crippen molar-refractivity contribution in [3.63, 3.8) is 0 Å². The fourth-order valence-electron chi connectivity index (χ4n) is 2.03. The molecule has 18 heavy (non-hydrogen) atoms. The molecule has 1 aromatic carbocycles. The van der Waals surface area contributed by atoms with E-state index < -0.39 is 0 Å². The minimum atomic E-state index is 0.732. The Morgan fingerprint density at radius 3 is 2.00 bits per heavy atom. The van der Waals surface area contributed by atoms with Crippen molar-refractivity contribution in [2.45, 2.75) is 0 Å². The summed E-state index contributed by atoms with van der Waals surface area (Å²) in [6.07, 6.45) is 3.59. The molecule has 0 spiro atoms. The highest BCUT2D eigenvalue weighted by atomic mass is 35.5. The van der Waals surface area contributed by atoms with Gasteiger partial charge < -0.3 is 10.6 Å². The first-order valence-electron chi connectivity index (χ1n) is 5.73. The van der Waals surface area contributed by atoms with Gasteiger partial charge in [0.25, 0.3) is 0 Å². The molecule has 0 fully saturated rings. The number of pyridine rings is 1. The van der Waals surface area contributed by atoms with E-state index in [1.54, 1.807) is 12.4 Å².